The molecule has 0 fully saturated rings. The summed E-state index contributed by atoms with van der Waals surface area (Å²) in [6, 6.07) is 20.0. The number of primary amides is 1. The summed E-state index contributed by atoms with van der Waals surface area (Å²) < 4.78 is 11.4. The monoisotopic (exact) mass is 416 g/mol. The third-order valence-electron chi connectivity index (χ3n) is 4.71. The van der Waals surface area contributed by atoms with Crippen molar-refractivity contribution in [1.29, 1.82) is 0 Å². The second kappa shape index (κ2) is 10.1. The summed E-state index contributed by atoms with van der Waals surface area (Å²) in [6.07, 6.45) is 3.02. The first-order valence-electron chi connectivity index (χ1n) is 9.71. The number of benzene rings is 3. The van der Waals surface area contributed by atoms with Crippen LogP contribution in [0.25, 0.3) is 6.08 Å². The molecule has 2 amide bonds. The van der Waals surface area contributed by atoms with Crippen LogP contribution in [0.15, 0.2) is 72.8 Å². The second-order valence-electron chi connectivity index (χ2n) is 6.86. The van der Waals surface area contributed by atoms with Gasteiger partial charge in [-0.05, 0) is 54.0 Å². The minimum absolute atomic E-state index is 0.251. The molecule has 0 unspecified atom stereocenters. The molecule has 3 aromatic carbocycles. The van der Waals surface area contributed by atoms with Gasteiger partial charge in [-0.1, -0.05) is 42.5 Å². The standard InChI is InChI=1S/C25H24N2O4/c1-17-7-3-4-8-19(17)16-31-22-13-11-18(15-23(22)30-2)12-14-24(28)27-21-10-6-5-9-20(21)25(26)29/h3-15H,16H2,1-2H3,(H2,26,29)(H,27,28). The predicted octanol–water partition coefficient (Wildman–Crippen LogP) is 4.33. The molecular weight excluding hydrogens is 392 g/mol. The number of aryl methyl sites for hydroxylation is 1. The minimum atomic E-state index is -0.606. The topological polar surface area (TPSA) is 90.6 Å². The van der Waals surface area contributed by atoms with E-state index < -0.39 is 5.91 Å². The molecule has 6 heteroatoms. The summed E-state index contributed by atoms with van der Waals surface area (Å²) in [7, 11) is 1.57. The molecule has 0 aromatic heterocycles. The van der Waals surface area contributed by atoms with Gasteiger partial charge in [0.15, 0.2) is 11.5 Å². The molecule has 3 N–H and O–H groups in total. The maximum atomic E-state index is 12.3. The van der Waals surface area contributed by atoms with Crippen molar-refractivity contribution in [2.75, 3.05) is 12.4 Å². The minimum Gasteiger partial charge on any atom is -0.493 e. The van der Waals surface area contributed by atoms with Gasteiger partial charge in [-0.15, -0.1) is 0 Å². The van der Waals surface area contributed by atoms with E-state index in [9.17, 15) is 9.59 Å². The highest BCUT2D eigenvalue weighted by Gasteiger charge is 2.09. The molecule has 0 aliphatic rings. The van der Waals surface area contributed by atoms with Crippen molar-refractivity contribution in [1.82, 2.24) is 0 Å². The lowest BCUT2D eigenvalue weighted by Gasteiger charge is -2.12. The molecule has 0 radical (unpaired) electrons. The van der Waals surface area contributed by atoms with E-state index in [0.29, 0.717) is 23.8 Å². The number of amides is 2. The zero-order valence-electron chi connectivity index (χ0n) is 17.4. The Labute approximate surface area is 181 Å². The summed E-state index contributed by atoms with van der Waals surface area (Å²) in [4.78, 5) is 23.7. The SMILES string of the molecule is COc1cc(C=CC(=O)Nc2ccccc2C(N)=O)ccc1OCc1ccccc1C. The van der Waals surface area contributed by atoms with Gasteiger partial charge in [0, 0.05) is 6.08 Å². The van der Waals surface area contributed by atoms with E-state index >= 15 is 0 Å². The molecule has 0 atom stereocenters. The summed E-state index contributed by atoms with van der Waals surface area (Å²) >= 11 is 0. The van der Waals surface area contributed by atoms with Crippen LogP contribution in [0.3, 0.4) is 0 Å². The number of para-hydroxylation sites is 1. The molecule has 0 saturated carbocycles. The van der Waals surface area contributed by atoms with Gasteiger partial charge in [-0.25, -0.2) is 0 Å². The zero-order valence-corrected chi connectivity index (χ0v) is 17.4. The maximum absolute atomic E-state index is 12.3. The fraction of sp³-hybridized carbons (Fsp3) is 0.120. The van der Waals surface area contributed by atoms with Crippen molar-refractivity contribution >= 4 is 23.6 Å². The first-order valence-corrected chi connectivity index (χ1v) is 9.71. The van der Waals surface area contributed by atoms with Crippen LogP contribution in [-0.2, 0) is 11.4 Å². The van der Waals surface area contributed by atoms with Crippen LogP contribution < -0.4 is 20.5 Å². The number of nitrogens with one attached hydrogen (secondary N) is 1. The zero-order chi connectivity index (χ0) is 22.2. The molecule has 31 heavy (non-hydrogen) atoms. The fourth-order valence-corrected chi connectivity index (χ4v) is 2.99. The lowest BCUT2D eigenvalue weighted by atomic mass is 10.1. The summed E-state index contributed by atoms with van der Waals surface area (Å²) in [5.41, 5.74) is 8.97. The Morgan fingerprint density at radius 1 is 1.00 bits per heavy atom. The van der Waals surface area contributed by atoms with Crippen molar-refractivity contribution in [2.24, 2.45) is 5.73 Å². The Morgan fingerprint density at radius 2 is 1.74 bits per heavy atom. The van der Waals surface area contributed by atoms with E-state index in [0.717, 1.165) is 16.7 Å². The molecule has 0 bridgehead atoms. The van der Waals surface area contributed by atoms with E-state index in [1.54, 1.807) is 49.6 Å². The number of rotatable bonds is 8. The molecule has 0 heterocycles. The number of methoxy groups -OCH3 is 1. The summed E-state index contributed by atoms with van der Waals surface area (Å²) in [6.45, 7) is 2.47. The normalized spacial score (nSPS) is 10.6. The number of hydrogen-bond donors (Lipinski definition) is 2. The van der Waals surface area contributed by atoms with Gasteiger partial charge in [0.1, 0.15) is 6.61 Å². The van der Waals surface area contributed by atoms with Crippen LogP contribution in [0, 0.1) is 6.92 Å². The largest absolute Gasteiger partial charge is 0.493 e. The lowest BCUT2D eigenvalue weighted by molar-refractivity contribution is -0.111. The van der Waals surface area contributed by atoms with Crippen LogP contribution in [0.2, 0.25) is 0 Å². The molecule has 3 rings (SSSR count). The number of carbonyl (C=O) groups excluding carboxylic acids is 2. The van der Waals surface area contributed by atoms with Crippen molar-refractivity contribution < 1.29 is 19.1 Å². The van der Waals surface area contributed by atoms with Crippen molar-refractivity contribution in [2.45, 2.75) is 13.5 Å². The Kier molecular flexibility index (Phi) is 7.06. The van der Waals surface area contributed by atoms with E-state index in [1.807, 2.05) is 37.3 Å². The van der Waals surface area contributed by atoms with E-state index in [1.165, 1.54) is 6.08 Å². The number of anilines is 1. The third kappa shape index (κ3) is 5.73. The Bertz CT molecular complexity index is 1120. The van der Waals surface area contributed by atoms with Gasteiger partial charge in [-0.2, -0.15) is 0 Å². The van der Waals surface area contributed by atoms with Gasteiger partial charge in [0.25, 0.3) is 5.91 Å². The third-order valence-corrected chi connectivity index (χ3v) is 4.71. The van der Waals surface area contributed by atoms with Gasteiger partial charge in [0.05, 0.1) is 18.4 Å². The summed E-state index contributed by atoms with van der Waals surface area (Å²) in [5.74, 6) is 0.191. The molecule has 0 aliphatic carbocycles. The number of carbonyl (C=O) groups is 2. The summed E-state index contributed by atoms with van der Waals surface area (Å²) in [5, 5.41) is 2.66. The van der Waals surface area contributed by atoms with Crippen molar-refractivity contribution in [3.63, 3.8) is 0 Å². The molecule has 0 saturated heterocycles. The molecular formula is C25H24N2O4. The predicted molar refractivity (Wildman–Crippen MR) is 121 cm³/mol. The van der Waals surface area contributed by atoms with E-state index in [2.05, 4.69) is 5.32 Å². The highest BCUT2D eigenvalue weighted by Crippen LogP contribution is 2.29. The van der Waals surface area contributed by atoms with Crippen LogP contribution >= 0.6 is 0 Å². The first kappa shape index (κ1) is 21.6. The first-order chi connectivity index (χ1) is 15.0. The van der Waals surface area contributed by atoms with Crippen LogP contribution in [-0.4, -0.2) is 18.9 Å². The van der Waals surface area contributed by atoms with Crippen LogP contribution in [0.4, 0.5) is 5.69 Å². The van der Waals surface area contributed by atoms with Crippen molar-refractivity contribution in [3.8, 4) is 11.5 Å². The number of ether oxygens (including phenoxy) is 2. The number of nitrogens with two attached hydrogens (primary N) is 1. The highest BCUT2D eigenvalue weighted by atomic mass is 16.5. The molecule has 0 spiro atoms. The van der Waals surface area contributed by atoms with E-state index in [-0.39, 0.29) is 11.5 Å². The quantitative estimate of drug-likeness (QED) is 0.535. The van der Waals surface area contributed by atoms with Crippen molar-refractivity contribution in [3.05, 3.63) is 95.1 Å². The smallest absolute Gasteiger partial charge is 0.250 e. The Morgan fingerprint density at radius 3 is 2.48 bits per heavy atom. The van der Waals surface area contributed by atoms with Gasteiger partial charge >= 0.3 is 0 Å². The van der Waals surface area contributed by atoms with Gasteiger partial charge in [0.2, 0.25) is 5.91 Å². The average Bonchev–Trinajstić information content (AvgIpc) is 2.77. The maximum Gasteiger partial charge on any atom is 0.250 e. The molecule has 158 valence electrons. The van der Waals surface area contributed by atoms with E-state index in [4.69, 9.17) is 15.2 Å². The average molecular weight is 416 g/mol. The lowest BCUT2D eigenvalue weighted by Crippen LogP contribution is -2.16. The highest BCUT2D eigenvalue weighted by molar-refractivity contribution is 6.07. The molecule has 3 aromatic rings. The van der Waals surface area contributed by atoms with Gasteiger partial charge in [-0.3, -0.25) is 9.59 Å². The molecule has 6 nitrogen and oxygen atoms in total. The Hall–Kier alpha value is -4.06. The number of hydrogen-bond acceptors (Lipinski definition) is 4. The molecule has 0 aliphatic heterocycles. The van der Waals surface area contributed by atoms with Crippen LogP contribution in [0.5, 0.6) is 11.5 Å². The fourth-order valence-electron chi connectivity index (χ4n) is 2.99. The van der Waals surface area contributed by atoms with Gasteiger partial charge < -0.3 is 20.5 Å². The Balaban J connectivity index is 1.68. The second-order valence-corrected chi connectivity index (χ2v) is 6.86. The van der Waals surface area contributed by atoms with Crippen LogP contribution in [0.1, 0.15) is 27.0 Å².